The molecular weight excluding hydrogens is 384 g/mol. The lowest BCUT2D eigenvalue weighted by Crippen LogP contribution is -2.54. The van der Waals surface area contributed by atoms with Crippen molar-refractivity contribution >= 4 is 28.6 Å². The molecule has 1 unspecified atom stereocenters. The number of unbranched alkanes of at least 4 members (excludes halogenated alkanes) is 2. The van der Waals surface area contributed by atoms with E-state index in [1.807, 2.05) is 45.0 Å². The van der Waals surface area contributed by atoms with E-state index in [1.165, 1.54) is 0 Å². The molecule has 9 nitrogen and oxygen atoms in total. The lowest BCUT2D eigenvalue weighted by molar-refractivity contribution is -0.128. The van der Waals surface area contributed by atoms with Crippen molar-refractivity contribution in [2.24, 2.45) is 11.1 Å². The fourth-order valence-electron chi connectivity index (χ4n) is 3.08. The molecule has 1 aromatic carbocycles. The third-order valence-electron chi connectivity index (χ3n) is 4.62. The summed E-state index contributed by atoms with van der Waals surface area (Å²) in [5.74, 6) is -1.63. The van der Waals surface area contributed by atoms with E-state index in [4.69, 9.17) is 11.0 Å². The van der Waals surface area contributed by atoms with Crippen molar-refractivity contribution in [3.8, 4) is 6.07 Å². The van der Waals surface area contributed by atoms with E-state index in [0.29, 0.717) is 18.4 Å². The van der Waals surface area contributed by atoms with Crippen LogP contribution in [-0.4, -0.2) is 40.1 Å². The molecule has 1 atom stereocenters. The van der Waals surface area contributed by atoms with Gasteiger partial charge in [-0.2, -0.15) is 10.4 Å². The summed E-state index contributed by atoms with van der Waals surface area (Å²) in [5, 5.41) is 19.0. The Balaban J connectivity index is 2.26. The number of rotatable bonds is 9. The number of para-hydroxylation sites is 1. The second-order valence-electron chi connectivity index (χ2n) is 8.16. The average Bonchev–Trinajstić information content (AvgIpc) is 3.05. The Kier molecular flexibility index (Phi) is 7.53. The molecule has 0 bridgehead atoms. The Bertz CT molecular complexity index is 967. The van der Waals surface area contributed by atoms with Crippen molar-refractivity contribution in [3.05, 3.63) is 30.0 Å². The van der Waals surface area contributed by atoms with Gasteiger partial charge in [-0.3, -0.25) is 19.1 Å². The van der Waals surface area contributed by atoms with Crippen LogP contribution < -0.4 is 16.4 Å². The van der Waals surface area contributed by atoms with Crippen LogP contribution in [-0.2, 0) is 16.1 Å². The minimum absolute atomic E-state index is 0.225. The van der Waals surface area contributed by atoms with Gasteiger partial charge in [-0.15, -0.1) is 0 Å². The monoisotopic (exact) mass is 412 g/mol. The van der Waals surface area contributed by atoms with Gasteiger partial charge in [0.15, 0.2) is 5.69 Å². The zero-order chi connectivity index (χ0) is 22.3. The molecule has 4 N–H and O–H groups in total. The molecule has 0 saturated heterocycles. The molecule has 0 fully saturated rings. The van der Waals surface area contributed by atoms with Gasteiger partial charge in [-0.05, 0) is 24.3 Å². The predicted molar refractivity (Wildman–Crippen MR) is 112 cm³/mol. The van der Waals surface area contributed by atoms with Crippen molar-refractivity contribution in [1.29, 1.82) is 5.26 Å². The lowest BCUT2D eigenvalue weighted by Gasteiger charge is -2.30. The molecule has 9 heteroatoms. The van der Waals surface area contributed by atoms with Crippen LogP contribution in [0.5, 0.6) is 0 Å². The number of nitriles is 1. The van der Waals surface area contributed by atoms with Crippen LogP contribution in [0.15, 0.2) is 24.3 Å². The van der Waals surface area contributed by atoms with Gasteiger partial charge in [0.05, 0.1) is 18.1 Å². The normalized spacial score (nSPS) is 12.2. The van der Waals surface area contributed by atoms with E-state index in [2.05, 4.69) is 21.8 Å². The van der Waals surface area contributed by atoms with Gasteiger partial charge in [-0.25, -0.2) is 0 Å². The Morgan fingerprint density at radius 3 is 2.57 bits per heavy atom. The first kappa shape index (κ1) is 22.9. The molecule has 0 aliphatic rings. The molecule has 2 aromatic rings. The van der Waals surface area contributed by atoms with E-state index in [-0.39, 0.29) is 12.2 Å². The maximum absolute atomic E-state index is 13.0. The molecule has 0 aliphatic heterocycles. The van der Waals surface area contributed by atoms with E-state index >= 15 is 0 Å². The number of nitrogens with one attached hydrogen (secondary N) is 2. The second-order valence-corrected chi connectivity index (χ2v) is 8.16. The Morgan fingerprint density at radius 2 is 1.93 bits per heavy atom. The van der Waals surface area contributed by atoms with Crippen molar-refractivity contribution in [3.63, 3.8) is 0 Å². The van der Waals surface area contributed by atoms with Crippen molar-refractivity contribution in [1.82, 2.24) is 20.4 Å². The maximum atomic E-state index is 13.0. The standard InChI is InChI=1S/C21H28N6O3/c1-21(2,3)18(20(30)24-13-16(23)28)25-19(29)17-14-9-5-6-10-15(14)27(26-17)12-8-4-7-11-22/h5-6,9-10,18H,4,7-8,12-13H2,1-3H3,(H2,23,28)(H,24,30)(H,25,29). The minimum Gasteiger partial charge on any atom is -0.368 e. The maximum Gasteiger partial charge on any atom is 0.273 e. The lowest BCUT2D eigenvalue weighted by atomic mass is 9.86. The van der Waals surface area contributed by atoms with Crippen molar-refractivity contribution < 1.29 is 14.4 Å². The van der Waals surface area contributed by atoms with Crippen LogP contribution in [0.25, 0.3) is 10.9 Å². The average molecular weight is 412 g/mol. The van der Waals surface area contributed by atoms with E-state index < -0.39 is 29.2 Å². The zero-order valence-electron chi connectivity index (χ0n) is 17.6. The number of aromatic nitrogens is 2. The Labute approximate surface area is 175 Å². The molecular formula is C21H28N6O3. The number of amides is 3. The fraction of sp³-hybridized carbons (Fsp3) is 0.476. The van der Waals surface area contributed by atoms with E-state index in [9.17, 15) is 14.4 Å². The predicted octanol–water partition coefficient (Wildman–Crippen LogP) is 1.48. The number of primary amides is 1. The smallest absolute Gasteiger partial charge is 0.273 e. The first-order chi connectivity index (χ1) is 14.1. The highest BCUT2D eigenvalue weighted by molar-refractivity contribution is 6.06. The van der Waals surface area contributed by atoms with Crippen LogP contribution in [0.3, 0.4) is 0 Å². The molecule has 160 valence electrons. The van der Waals surface area contributed by atoms with Crippen LogP contribution in [0.2, 0.25) is 0 Å². The minimum atomic E-state index is -0.885. The number of carbonyl (C=O) groups is 3. The largest absolute Gasteiger partial charge is 0.368 e. The van der Waals surface area contributed by atoms with Gasteiger partial charge in [0, 0.05) is 18.4 Å². The van der Waals surface area contributed by atoms with E-state index in [0.717, 1.165) is 18.4 Å². The van der Waals surface area contributed by atoms with Gasteiger partial charge < -0.3 is 16.4 Å². The number of aryl methyl sites for hydroxylation is 1. The summed E-state index contributed by atoms with van der Waals surface area (Å²) in [6, 6.07) is 8.61. The first-order valence-corrected chi connectivity index (χ1v) is 9.84. The highest BCUT2D eigenvalue weighted by Crippen LogP contribution is 2.22. The number of hydrogen-bond acceptors (Lipinski definition) is 5. The zero-order valence-corrected chi connectivity index (χ0v) is 17.6. The quantitative estimate of drug-likeness (QED) is 0.535. The number of hydrogen-bond donors (Lipinski definition) is 3. The molecule has 2 rings (SSSR count). The Morgan fingerprint density at radius 1 is 1.23 bits per heavy atom. The van der Waals surface area contributed by atoms with Crippen LogP contribution >= 0.6 is 0 Å². The summed E-state index contributed by atoms with van der Waals surface area (Å²) in [6.07, 6.45) is 1.99. The van der Waals surface area contributed by atoms with Crippen LogP contribution in [0.4, 0.5) is 0 Å². The summed E-state index contributed by atoms with van der Waals surface area (Å²) in [4.78, 5) is 36.6. The molecule has 30 heavy (non-hydrogen) atoms. The second kappa shape index (κ2) is 9.87. The topological polar surface area (TPSA) is 143 Å². The molecule has 0 saturated carbocycles. The fourth-order valence-corrected chi connectivity index (χ4v) is 3.08. The molecule has 1 aromatic heterocycles. The Hall–Kier alpha value is -3.41. The number of benzene rings is 1. The van der Waals surface area contributed by atoms with Gasteiger partial charge in [0.2, 0.25) is 11.8 Å². The van der Waals surface area contributed by atoms with Gasteiger partial charge in [-0.1, -0.05) is 39.0 Å². The first-order valence-electron chi connectivity index (χ1n) is 9.84. The third kappa shape index (κ3) is 5.80. The van der Waals surface area contributed by atoms with Gasteiger partial charge in [0.1, 0.15) is 6.04 Å². The van der Waals surface area contributed by atoms with Crippen LogP contribution in [0, 0.1) is 16.7 Å². The molecule has 0 spiro atoms. The number of fused-ring (bicyclic) bond motifs is 1. The summed E-state index contributed by atoms with van der Waals surface area (Å²) < 4.78 is 1.75. The van der Waals surface area contributed by atoms with Gasteiger partial charge in [0.25, 0.3) is 5.91 Å². The number of carbonyl (C=O) groups excluding carboxylic acids is 3. The van der Waals surface area contributed by atoms with Crippen LogP contribution in [0.1, 0.15) is 50.5 Å². The summed E-state index contributed by atoms with van der Waals surface area (Å²) in [6.45, 7) is 5.72. The summed E-state index contributed by atoms with van der Waals surface area (Å²) >= 11 is 0. The number of nitrogens with two attached hydrogens (primary N) is 1. The number of nitrogens with zero attached hydrogens (tertiary/aromatic N) is 3. The SMILES string of the molecule is CC(C)(C)C(NC(=O)c1nn(CCCCC#N)c2ccccc12)C(=O)NCC(N)=O. The molecule has 0 radical (unpaired) electrons. The van der Waals surface area contributed by atoms with Crippen molar-refractivity contribution in [2.75, 3.05) is 6.54 Å². The highest BCUT2D eigenvalue weighted by atomic mass is 16.2. The molecule has 0 aliphatic carbocycles. The van der Waals surface area contributed by atoms with Crippen molar-refractivity contribution in [2.45, 2.75) is 52.6 Å². The molecule has 1 heterocycles. The summed E-state index contributed by atoms with van der Waals surface area (Å²) in [7, 11) is 0. The molecule has 3 amide bonds. The highest BCUT2D eigenvalue weighted by Gasteiger charge is 2.34. The summed E-state index contributed by atoms with van der Waals surface area (Å²) in [5.41, 5.74) is 5.53. The van der Waals surface area contributed by atoms with E-state index in [1.54, 1.807) is 4.68 Å². The van der Waals surface area contributed by atoms with Gasteiger partial charge >= 0.3 is 0 Å². The third-order valence-corrected chi connectivity index (χ3v) is 4.62.